The molecule has 2 N–H and O–H groups in total. The minimum Gasteiger partial charge on any atom is -0.398 e. The molecular weight excluding hydrogens is 286 g/mol. The highest BCUT2D eigenvalue weighted by atomic mass is 35.5. The quantitative estimate of drug-likeness (QED) is 0.628. The van der Waals surface area contributed by atoms with Crippen molar-refractivity contribution in [3.63, 3.8) is 0 Å². The molecule has 3 rings (SSSR count). The van der Waals surface area contributed by atoms with Gasteiger partial charge in [-0.05, 0) is 54.5 Å². The SMILES string of the molecule is Nc1cc(Cl)ccc1SCC1CCCc2ccccc21. The molecule has 0 aliphatic heterocycles. The van der Waals surface area contributed by atoms with Crippen LogP contribution in [0.15, 0.2) is 47.4 Å². The number of aryl methyl sites for hydroxylation is 1. The van der Waals surface area contributed by atoms with Crippen LogP contribution in [0.25, 0.3) is 0 Å². The maximum absolute atomic E-state index is 6.03. The maximum Gasteiger partial charge on any atom is 0.0467 e. The predicted molar refractivity (Wildman–Crippen MR) is 88.7 cm³/mol. The fourth-order valence-electron chi connectivity index (χ4n) is 2.87. The molecule has 2 aromatic carbocycles. The predicted octanol–water partition coefficient (Wildman–Crippen LogP) is 5.13. The Labute approximate surface area is 129 Å². The van der Waals surface area contributed by atoms with Crippen LogP contribution < -0.4 is 5.73 Å². The van der Waals surface area contributed by atoms with Crippen LogP contribution in [0.2, 0.25) is 5.02 Å². The van der Waals surface area contributed by atoms with Crippen molar-refractivity contribution < 1.29 is 0 Å². The number of anilines is 1. The number of fused-ring (bicyclic) bond motifs is 1. The number of hydrogen-bond donors (Lipinski definition) is 1. The maximum atomic E-state index is 6.03. The summed E-state index contributed by atoms with van der Waals surface area (Å²) in [5.41, 5.74) is 9.86. The number of hydrogen-bond acceptors (Lipinski definition) is 2. The molecule has 0 saturated heterocycles. The number of halogens is 1. The summed E-state index contributed by atoms with van der Waals surface area (Å²) in [7, 11) is 0. The van der Waals surface area contributed by atoms with Gasteiger partial charge in [-0.15, -0.1) is 11.8 Å². The van der Waals surface area contributed by atoms with Gasteiger partial charge < -0.3 is 5.73 Å². The second kappa shape index (κ2) is 6.11. The Hall–Kier alpha value is -1.12. The monoisotopic (exact) mass is 303 g/mol. The van der Waals surface area contributed by atoms with Crippen LogP contribution in [0.1, 0.15) is 29.9 Å². The Morgan fingerprint density at radius 1 is 1.20 bits per heavy atom. The first kappa shape index (κ1) is 13.8. The molecule has 1 atom stereocenters. The number of nitrogen functional groups attached to an aromatic ring is 1. The van der Waals surface area contributed by atoms with E-state index in [0.717, 1.165) is 16.3 Å². The lowest BCUT2D eigenvalue weighted by molar-refractivity contribution is 0.596. The zero-order valence-corrected chi connectivity index (χ0v) is 12.9. The van der Waals surface area contributed by atoms with E-state index in [1.807, 2.05) is 30.0 Å². The van der Waals surface area contributed by atoms with Crippen molar-refractivity contribution in [2.45, 2.75) is 30.1 Å². The summed E-state index contributed by atoms with van der Waals surface area (Å²) in [6.45, 7) is 0. The lowest BCUT2D eigenvalue weighted by Gasteiger charge is -2.25. The van der Waals surface area contributed by atoms with Crippen LogP contribution in [0, 0.1) is 0 Å². The smallest absolute Gasteiger partial charge is 0.0467 e. The molecule has 1 unspecified atom stereocenters. The van der Waals surface area contributed by atoms with E-state index in [-0.39, 0.29) is 0 Å². The highest BCUT2D eigenvalue weighted by Crippen LogP contribution is 2.37. The van der Waals surface area contributed by atoms with Crippen molar-refractivity contribution in [1.29, 1.82) is 0 Å². The van der Waals surface area contributed by atoms with E-state index in [2.05, 4.69) is 24.3 Å². The highest BCUT2D eigenvalue weighted by molar-refractivity contribution is 7.99. The molecule has 0 heterocycles. The van der Waals surface area contributed by atoms with Crippen molar-refractivity contribution in [3.05, 3.63) is 58.6 Å². The van der Waals surface area contributed by atoms with Crippen molar-refractivity contribution in [2.75, 3.05) is 11.5 Å². The third-order valence-corrected chi connectivity index (χ3v) is 5.39. The lowest BCUT2D eigenvalue weighted by Crippen LogP contribution is -2.11. The summed E-state index contributed by atoms with van der Waals surface area (Å²) >= 11 is 7.79. The summed E-state index contributed by atoms with van der Waals surface area (Å²) in [6, 6.07) is 14.6. The third-order valence-electron chi connectivity index (χ3n) is 3.91. The zero-order valence-electron chi connectivity index (χ0n) is 11.3. The Morgan fingerprint density at radius 3 is 2.90 bits per heavy atom. The minimum absolute atomic E-state index is 0.639. The Morgan fingerprint density at radius 2 is 2.05 bits per heavy atom. The van der Waals surface area contributed by atoms with Crippen molar-refractivity contribution in [2.24, 2.45) is 0 Å². The number of nitrogens with two attached hydrogens (primary N) is 1. The topological polar surface area (TPSA) is 26.0 Å². The average Bonchev–Trinajstić information content (AvgIpc) is 2.46. The van der Waals surface area contributed by atoms with Gasteiger partial charge in [0, 0.05) is 21.4 Å². The van der Waals surface area contributed by atoms with Crippen molar-refractivity contribution >= 4 is 29.1 Å². The standard InChI is InChI=1S/C17H18ClNS/c18-14-8-9-17(16(19)10-14)20-11-13-6-3-5-12-4-1-2-7-15(12)13/h1-2,4,7-10,13H,3,5-6,11,19H2. The van der Waals surface area contributed by atoms with Crippen LogP contribution in [0.4, 0.5) is 5.69 Å². The molecule has 0 fully saturated rings. The van der Waals surface area contributed by atoms with E-state index in [0.29, 0.717) is 10.9 Å². The van der Waals surface area contributed by atoms with E-state index in [1.165, 1.54) is 30.4 Å². The molecule has 104 valence electrons. The van der Waals surface area contributed by atoms with E-state index in [9.17, 15) is 0 Å². The largest absolute Gasteiger partial charge is 0.398 e. The number of benzene rings is 2. The third kappa shape index (κ3) is 2.97. The molecule has 0 amide bonds. The normalized spacial score (nSPS) is 17.8. The molecule has 1 aliphatic rings. The van der Waals surface area contributed by atoms with Crippen LogP contribution in [0.3, 0.4) is 0 Å². The molecule has 20 heavy (non-hydrogen) atoms. The molecule has 0 spiro atoms. The van der Waals surface area contributed by atoms with Gasteiger partial charge >= 0.3 is 0 Å². The van der Waals surface area contributed by atoms with E-state index in [1.54, 1.807) is 0 Å². The Kier molecular flexibility index (Phi) is 4.23. The molecule has 1 aliphatic carbocycles. The van der Waals surface area contributed by atoms with Gasteiger partial charge in [-0.2, -0.15) is 0 Å². The first-order valence-electron chi connectivity index (χ1n) is 6.99. The van der Waals surface area contributed by atoms with Gasteiger partial charge in [0.15, 0.2) is 0 Å². The molecule has 3 heteroatoms. The molecule has 2 aromatic rings. The van der Waals surface area contributed by atoms with Gasteiger partial charge in [0.1, 0.15) is 0 Å². The Balaban J connectivity index is 1.73. The molecule has 0 aromatic heterocycles. The number of rotatable bonds is 3. The van der Waals surface area contributed by atoms with Gasteiger partial charge in [-0.25, -0.2) is 0 Å². The minimum atomic E-state index is 0.639. The van der Waals surface area contributed by atoms with E-state index >= 15 is 0 Å². The molecule has 0 saturated carbocycles. The summed E-state index contributed by atoms with van der Waals surface area (Å²) in [6.07, 6.45) is 3.79. The summed E-state index contributed by atoms with van der Waals surface area (Å²) in [4.78, 5) is 1.14. The second-order valence-corrected chi connectivity index (χ2v) is 6.78. The summed E-state index contributed by atoms with van der Waals surface area (Å²) in [5, 5.41) is 0.704. The average molecular weight is 304 g/mol. The van der Waals surface area contributed by atoms with Gasteiger partial charge in [0.25, 0.3) is 0 Å². The van der Waals surface area contributed by atoms with Gasteiger partial charge in [-0.1, -0.05) is 35.9 Å². The highest BCUT2D eigenvalue weighted by Gasteiger charge is 2.20. The lowest BCUT2D eigenvalue weighted by atomic mass is 9.84. The molecule has 1 nitrogen and oxygen atoms in total. The summed E-state index contributed by atoms with van der Waals surface area (Å²) in [5.74, 6) is 1.73. The van der Waals surface area contributed by atoms with E-state index < -0.39 is 0 Å². The number of thioether (sulfide) groups is 1. The van der Waals surface area contributed by atoms with Crippen LogP contribution >= 0.6 is 23.4 Å². The molecular formula is C17H18ClNS. The van der Waals surface area contributed by atoms with E-state index in [4.69, 9.17) is 17.3 Å². The second-order valence-electron chi connectivity index (χ2n) is 5.28. The first-order chi connectivity index (χ1) is 9.74. The zero-order chi connectivity index (χ0) is 13.9. The fraction of sp³-hybridized carbons (Fsp3) is 0.294. The van der Waals surface area contributed by atoms with Gasteiger partial charge in [-0.3, -0.25) is 0 Å². The van der Waals surface area contributed by atoms with Gasteiger partial charge in [0.2, 0.25) is 0 Å². The van der Waals surface area contributed by atoms with Crippen LogP contribution in [0.5, 0.6) is 0 Å². The fourth-order valence-corrected chi connectivity index (χ4v) is 4.17. The van der Waals surface area contributed by atoms with Crippen molar-refractivity contribution in [1.82, 2.24) is 0 Å². The first-order valence-corrected chi connectivity index (χ1v) is 8.36. The van der Waals surface area contributed by atoms with Gasteiger partial charge in [0.05, 0.1) is 0 Å². The molecule has 0 radical (unpaired) electrons. The summed E-state index contributed by atoms with van der Waals surface area (Å²) < 4.78 is 0. The molecule has 0 bridgehead atoms. The van der Waals surface area contributed by atoms with Crippen LogP contribution in [-0.2, 0) is 6.42 Å². The van der Waals surface area contributed by atoms with Crippen LogP contribution in [-0.4, -0.2) is 5.75 Å². The Bertz CT molecular complexity index is 612. The van der Waals surface area contributed by atoms with Crippen molar-refractivity contribution in [3.8, 4) is 0 Å².